The van der Waals surface area contributed by atoms with Crippen molar-refractivity contribution in [3.05, 3.63) is 61.8 Å². The Balaban J connectivity index is 1.54. The fourth-order valence-electron chi connectivity index (χ4n) is 2.79. The minimum atomic E-state index is -0.579. The van der Waals surface area contributed by atoms with Crippen molar-refractivity contribution in [2.75, 3.05) is 13.1 Å². The molecule has 1 aromatic heterocycles. The SMILES string of the molecule is O=[N+]([O-])c1ccc(C(O)CCN2CCc3sccc3C2)cc1. The summed E-state index contributed by atoms with van der Waals surface area (Å²) in [6.07, 6.45) is 1.14. The van der Waals surface area contributed by atoms with E-state index in [1.165, 1.54) is 22.6 Å². The zero-order valence-corrected chi connectivity index (χ0v) is 13.0. The third-order valence-corrected chi connectivity index (χ3v) is 5.12. The molecule has 1 aliphatic heterocycles. The number of nitrogens with zero attached hydrogens (tertiary/aromatic N) is 2. The predicted molar refractivity (Wildman–Crippen MR) is 86.0 cm³/mol. The van der Waals surface area contributed by atoms with E-state index in [-0.39, 0.29) is 5.69 Å². The number of aliphatic hydroxyl groups is 1. The number of rotatable bonds is 5. The molecule has 0 spiro atoms. The molecule has 0 saturated heterocycles. The van der Waals surface area contributed by atoms with E-state index < -0.39 is 11.0 Å². The van der Waals surface area contributed by atoms with Crippen LogP contribution >= 0.6 is 11.3 Å². The highest BCUT2D eigenvalue weighted by Crippen LogP contribution is 2.25. The van der Waals surface area contributed by atoms with Gasteiger partial charge in [-0.1, -0.05) is 0 Å². The first kappa shape index (κ1) is 15.1. The fraction of sp³-hybridized carbons (Fsp3) is 0.375. The van der Waals surface area contributed by atoms with Crippen LogP contribution < -0.4 is 0 Å². The molecule has 0 radical (unpaired) electrons. The summed E-state index contributed by atoms with van der Waals surface area (Å²) in [6.45, 7) is 2.81. The number of non-ortho nitro benzene ring substituents is 1. The van der Waals surface area contributed by atoms with Gasteiger partial charge in [-0.05, 0) is 47.5 Å². The van der Waals surface area contributed by atoms with Crippen LogP contribution in [0.3, 0.4) is 0 Å². The zero-order chi connectivity index (χ0) is 15.5. The minimum Gasteiger partial charge on any atom is -0.388 e. The van der Waals surface area contributed by atoms with Gasteiger partial charge in [0.05, 0.1) is 11.0 Å². The topological polar surface area (TPSA) is 66.6 Å². The quantitative estimate of drug-likeness (QED) is 0.679. The molecule has 116 valence electrons. The summed E-state index contributed by atoms with van der Waals surface area (Å²) in [7, 11) is 0. The molecule has 22 heavy (non-hydrogen) atoms. The zero-order valence-electron chi connectivity index (χ0n) is 12.1. The van der Waals surface area contributed by atoms with Crippen LogP contribution in [0.1, 0.15) is 28.5 Å². The van der Waals surface area contributed by atoms with E-state index >= 15 is 0 Å². The van der Waals surface area contributed by atoms with Crippen molar-refractivity contribution in [2.45, 2.75) is 25.5 Å². The van der Waals surface area contributed by atoms with Gasteiger partial charge in [0.1, 0.15) is 0 Å². The molecule has 0 fully saturated rings. The van der Waals surface area contributed by atoms with Crippen LogP contribution in [0, 0.1) is 10.1 Å². The number of thiophene rings is 1. The third-order valence-electron chi connectivity index (χ3n) is 4.09. The molecule has 1 atom stereocenters. The van der Waals surface area contributed by atoms with Crippen molar-refractivity contribution in [1.82, 2.24) is 4.90 Å². The van der Waals surface area contributed by atoms with Crippen molar-refractivity contribution < 1.29 is 10.0 Å². The van der Waals surface area contributed by atoms with Crippen molar-refractivity contribution in [3.8, 4) is 0 Å². The third kappa shape index (κ3) is 3.35. The van der Waals surface area contributed by atoms with Gasteiger partial charge < -0.3 is 5.11 Å². The number of aliphatic hydroxyl groups excluding tert-OH is 1. The summed E-state index contributed by atoms with van der Waals surface area (Å²) < 4.78 is 0. The Labute approximate surface area is 133 Å². The second kappa shape index (κ2) is 6.56. The maximum atomic E-state index is 10.6. The van der Waals surface area contributed by atoms with Gasteiger partial charge in [-0.2, -0.15) is 0 Å². The number of fused-ring (bicyclic) bond motifs is 1. The van der Waals surface area contributed by atoms with Crippen molar-refractivity contribution in [2.24, 2.45) is 0 Å². The molecule has 1 N–H and O–H groups in total. The molecule has 6 heteroatoms. The Kier molecular flexibility index (Phi) is 4.52. The molecule has 0 amide bonds. The maximum Gasteiger partial charge on any atom is 0.269 e. The van der Waals surface area contributed by atoms with Gasteiger partial charge in [0.25, 0.3) is 5.69 Å². The van der Waals surface area contributed by atoms with E-state index in [0.717, 1.165) is 31.6 Å². The first-order valence-electron chi connectivity index (χ1n) is 7.33. The molecular weight excluding hydrogens is 300 g/mol. The van der Waals surface area contributed by atoms with Gasteiger partial charge in [0.2, 0.25) is 0 Å². The van der Waals surface area contributed by atoms with E-state index in [1.54, 1.807) is 12.1 Å². The van der Waals surface area contributed by atoms with Crippen LogP contribution in [0.4, 0.5) is 5.69 Å². The first-order valence-corrected chi connectivity index (χ1v) is 8.21. The summed E-state index contributed by atoms with van der Waals surface area (Å²) in [5.74, 6) is 0. The van der Waals surface area contributed by atoms with Crippen molar-refractivity contribution in [1.29, 1.82) is 0 Å². The molecule has 5 nitrogen and oxygen atoms in total. The van der Waals surface area contributed by atoms with Crippen LogP contribution in [-0.2, 0) is 13.0 Å². The summed E-state index contributed by atoms with van der Waals surface area (Å²) >= 11 is 1.82. The highest BCUT2D eigenvalue weighted by atomic mass is 32.1. The van der Waals surface area contributed by atoms with Crippen molar-refractivity contribution in [3.63, 3.8) is 0 Å². The molecule has 2 aromatic rings. The van der Waals surface area contributed by atoms with Gasteiger partial charge in [0, 0.05) is 36.6 Å². The minimum absolute atomic E-state index is 0.0527. The molecule has 0 bridgehead atoms. The summed E-state index contributed by atoms with van der Waals surface area (Å²) in [5, 5.41) is 23.0. The van der Waals surface area contributed by atoms with Crippen LogP contribution in [0.5, 0.6) is 0 Å². The molecule has 1 unspecified atom stereocenters. The van der Waals surface area contributed by atoms with Crippen LogP contribution in [0.15, 0.2) is 35.7 Å². The average Bonchev–Trinajstić information content (AvgIpc) is 3.00. The lowest BCUT2D eigenvalue weighted by atomic mass is 10.0. The van der Waals surface area contributed by atoms with E-state index in [2.05, 4.69) is 16.3 Å². The molecule has 2 heterocycles. The highest BCUT2D eigenvalue weighted by Gasteiger charge is 2.18. The maximum absolute atomic E-state index is 10.6. The molecule has 1 aliphatic rings. The standard InChI is InChI=1S/C16H18N2O3S/c19-15(12-1-3-14(4-2-12)18(20)21)5-8-17-9-6-16-13(11-17)7-10-22-16/h1-4,7,10,15,19H,5-6,8-9,11H2. The van der Waals surface area contributed by atoms with Crippen LogP contribution in [0.25, 0.3) is 0 Å². The smallest absolute Gasteiger partial charge is 0.269 e. The molecular formula is C16H18N2O3S. The van der Waals surface area contributed by atoms with Gasteiger partial charge >= 0.3 is 0 Å². The summed E-state index contributed by atoms with van der Waals surface area (Å²) in [6, 6.07) is 8.33. The Morgan fingerprint density at radius 1 is 1.32 bits per heavy atom. The Morgan fingerprint density at radius 3 is 2.82 bits per heavy atom. The van der Waals surface area contributed by atoms with Gasteiger partial charge in [-0.15, -0.1) is 11.3 Å². The van der Waals surface area contributed by atoms with Gasteiger partial charge in [0.15, 0.2) is 0 Å². The lowest BCUT2D eigenvalue weighted by molar-refractivity contribution is -0.384. The highest BCUT2D eigenvalue weighted by molar-refractivity contribution is 7.10. The Hall–Kier alpha value is -1.76. The van der Waals surface area contributed by atoms with E-state index in [9.17, 15) is 15.2 Å². The number of nitro benzene ring substituents is 1. The average molecular weight is 318 g/mol. The molecule has 0 saturated carbocycles. The number of hydrogen-bond donors (Lipinski definition) is 1. The van der Waals surface area contributed by atoms with Crippen molar-refractivity contribution >= 4 is 17.0 Å². The Morgan fingerprint density at radius 2 is 2.09 bits per heavy atom. The van der Waals surface area contributed by atoms with E-state index in [0.29, 0.717) is 6.42 Å². The largest absolute Gasteiger partial charge is 0.388 e. The van der Waals surface area contributed by atoms with Gasteiger partial charge in [-0.3, -0.25) is 15.0 Å². The normalized spacial score (nSPS) is 16.2. The molecule has 3 rings (SSSR count). The second-order valence-corrected chi connectivity index (χ2v) is 6.55. The summed E-state index contributed by atoms with van der Waals surface area (Å²) in [4.78, 5) is 14.0. The lowest BCUT2D eigenvalue weighted by Crippen LogP contribution is -2.31. The number of hydrogen-bond acceptors (Lipinski definition) is 5. The Bertz CT molecular complexity index is 654. The van der Waals surface area contributed by atoms with Crippen LogP contribution in [-0.4, -0.2) is 28.0 Å². The lowest BCUT2D eigenvalue weighted by Gasteiger charge is -2.27. The molecule has 1 aromatic carbocycles. The predicted octanol–water partition coefficient (Wildman–Crippen LogP) is 3.14. The van der Waals surface area contributed by atoms with E-state index in [1.807, 2.05) is 11.3 Å². The molecule has 0 aliphatic carbocycles. The second-order valence-electron chi connectivity index (χ2n) is 5.55. The number of benzene rings is 1. The monoisotopic (exact) mass is 318 g/mol. The first-order chi connectivity index (χ1) is 10.6. The fourth-order valence-corrected chi connectivity index (χ4v) is 3.68. The van der Waals surface area contributed by atoms with E-state index in [4.69, 9.17) is 0 Å². The number of nitro groups is 1. The van der Waals surface area contributed by atoms with Gasteiger partial charge in [-0.25, -0.2) is 0 Å². The van der Waals surface area contributed by atoms with Crippen LogP contribution in [0.2, 0.25) is 0 Å². The summed E-state index contributed by atoms with van der Waals surface area (Å²) in [5.41, 5.74) is 2.19.